The molecule has 0 bridgehead atoms. The Morgan fingerprint density at radius 2 is 2.06 bits per heavy atom. The second-order valence-corrected chi connectivity index (χ2v) is 5.56. The third-order valence-electron chi connectivity index (χ3n) is 4.51. The van der Waals surface area contributed by atoms with Crippen LogP contribution < -0.4 is 10.6 Å². The molecule has 0 amide bonds. The molecule has 2 aliphatic heterocycles. The maximum Gasteiger partial charge on any atom is 0.0716 e. The van der Waals surface area contributed by atoms with Crippen molar-refractivity contribution in [3.63, 3.8) is 0 Å². The van der Waals surface area contributed by atoms with Crippen LogP contribution in [0.25, 0.3) is 10.9 Å². The number of fused-ring (bicyclic) bond motifs is 4. The highest BCUT2D eigenvalue weighted by atomic mass is 15.1. The second kappa shape index (κ2) is 3.84. The molecule has 3 N–H and O–H groups in total. The Balaban J connectivity index is 1.93. The minimum absolute atomic E-state index is 0.144. The first-order chi connectivity index (χ1) is 8.89. The number of rotatable bonds is 0. The number of nitrogens with one attached hydrogen (secondary N) is 3. The van der Waals surface area contributed by atoms with Crippen molar-refractivity contribution in [3.05, 3.63) is 35.5 Å². The summed E-state index contributed by atoms with van der Waals surface area (Å²) < 4.78 is 0. The Morgan fingerprint density at radius 1 is 1.11 bits per heavy atom. The molecule has 1 aromatic heterocycles. The highest BCUT2D eigenvalue weighted by Crippen LogP contribution is 2.37. The van der Waals surface area contributed by atoms with Crippen LogP contribution in [0.15, 0.2) is 24.3 Å². The molecule has 94 valence electrons. The summed E-state index contributed by atoms with van der Waals surface area (Å²) in [6, 6.07) is 8.70. The van der Waals surface area contributed by atoms with Crippen LogP contribution in [0.2, 0.25) is 0 Å². The van der Waals surface area contributed by atoms with Gasteiger partial charge in [-0.05, 0) is 37.4 Å². The highest BCUT2D eigenvalue weighted by Gasteiger charge is 2.39. The smallest absolute Gasteiger partial charge is 0.0716 e. The van der Waals surface area contributed by atoms with Gasteiger partial charge in [0.25, 0.3) is 0 Å². The zero-order chi connectivity index (χ0) is 12.0. The van der Waals surface area contributed by atoms with E-state index in [1.807, 2.05) is 0 Å². The summed E-state index contributed by atoms with van der Waals surface area (Å²) in [5, 5.41) is 8.72. The van der Waals surface area contributed by atoms with Gasteiger partial charge in [0.05, 0.1) is 5.54 Å². The molecule has 1 spiro atoms. The highest BCUT2D eigenvalue weighted by molar-refractivity contribution is 5.85. The Kier molecular flexibility index (Phi) is 2.26. The fourth-order valence-corrected chi connectivity index (χ4v) is 3.65. The van der Waals surface area contributed by atoms with Crippen LogP contribution >= 0.6 is 0 Å². The summed E-state index contributed by atoms with van der Waals surface area (Å²) in [7, 11) is 0. The maximum absolute atomic E-state index is 3.76. The molecule has 18 heavy (non-hydrogen) atoms. The average Bonchev–Trinajstić information content (AvgIpc) is 2.81. The van der Waals surface area contributed by atoms with Crippen LogP contribution in [0, 0.1) is 0 Å². The normalized spacial score (nSPS) is 27.6. The maximum atomic E-state index is 3.76. The van der Waals surface area contributed by atoms with E-state index in [2.05, 4.69) is 39.9 Å². The molecule has 3 heteroatoms. The van der Waals surface area contributed by atoms with Crippen LogP contribution in [0.5, 0.6) is 0 Å². The Morgan fingerprint density at radius 3 is 2.94 bits per heavy atom. The number of benzene rings is 1. The summed E-state index contributed by atoms with van der Waals surface area (Å²) in [5.41, 5.74) is 4.40. The van der Waals surface area contributed by atoms with E-state index < -0.39 is 0 Å². The van der Waals surface area contributed by atoms with E-state index in [0.717, 1.165) is 26.1 Å². The lowest BCUT2D eigenvalue weighted by molar-refractivity contribution is 0.235. The molecule has 0 radical (unpaired) electrons. The molecule has 0 unspecified atom stereocenters. The number of hydrogen-bond donors (Lipinski definition) is 3. The molecule has 1 aromatic carbocycles. The molecular formula is C15H19N3. The van der Waals surface area contributed by atoms with Crippen molar-refractivity contribution < 1.29 is 0 Å². The van der Waals surface area contributed by atoms with Crippen molar-refractivity contribution in [3.8, 4) is 0 Å². The van der Waals surface area contributed by atoms with E-state index in [-0.39, 0.29) is 5.54 Å². The molecule has 0 saturated carbocycles. The molecular weight excluding hydrogens is 222 g/mol. The fraction of sp³-hybridized carbons (Fsp3) is 0.467. The zero-order valence-electron chi connectivity index (χ0n) is 10.6. The van der Waals surface area contributed by atoms with Crippen LogP contribution in [-0.4, -0.2) is 24.6 Å². The minimum atomic E-state index is 0.144. The fourth-order valence-electron chi connectivity index (χ4n) is 3.65. The van der Waals surface area contributed by atoms with Crippen molar-refractivity contribution in [1.29, 1.82) is 0 Å². The first kappa shape index (κ1) is 10.6. The topological polar surface area (TPSA) is 39.9 Å². The molecule has 1 atom stereocenters. The van der Waals surface area contributed by atoms with E-state index >= 15 is 0 Å². The van der Waals surface area contributed by atoms with Gasteiger partial charge in [0, 0.05) is 29.7 Å². The number of hydrogen-bond acceptors (Lipinski definition) is 2. The molecule has 1 saturated heterocycles. The molecule has 1 fully saturated rings. The van der Waals surface area contributed by atoms with E-state index in [0.29, 0.717) is 0 Å². The van der Waals surface area contributed by atoms with Gasteiger partial charge in [-0.25, -0.2) is 0 Å². The van der Waals surface area contributed by atoms with Gasteiger partial charge >= 0.3 is 0 Å². The SMILES string of the molecule is c1ccc2c3c([nH]c2c1)[C@@]1(CCCNC1)NCC3. The number of aromatic amines is 1. The van der Waals surface area contributed by atoms with Gasteiger partial charge in [-0.2, -0.15) is 0 Å². The molecule has 2 aromatic rings. The predicted molar refractivity (Wildman–Crippen MR) is 73.8 cm³/mol. The van der Waals surface area contributed by atoms with Crippen molar-refractivity contribution in [2.24, 2.45) is 0 Å². The van der Waals surface area contributed by atoms with Crippen molar-refractivity contribution in [2.45, 2.75) is 24.8 Å². The van der Waals surface area contributed by atoms with Gasteiger partial charge in [-0.1, -0.05) is 18.2 Å². The van der Waals surface area contributed by atoms with Gasteiger partial charge in [-0.3, -0.25) is 0 Å². The van der Waals surface area contributed by atoms with Gasteiger partial charge in [0.2, 0.25) is 0 Å². The Hall–Kier alpha value is -1.32. The van der Waals surface area contributed by atoms with E-state index in [4.69, 9.17) is 0 Å². The lowest BCUT2D eigenvalue weighted by atomic mass is 9.81. The van der Waals surface area contributed by atoms with Crippen molar-refractivity contribution in [2.75, 3.05) is 19.6 Å². The van der Waals surface area contributed by atoms with E-state index in [1.54, 1.807) is 0 Å². The lowest BCUT2D eigenvalue weighted by Crippen LogP contribution is -2.56. The summed E-state index contributed by atoms with van der Waals surface area (Å²) in [6.45, 7) is 3.29. The third-order valence-corrected chi connectivity index (χ3v) is 4.51. The first-order valence-corrected chi connectivity index (χ1v) is 6.95. The third kappa shape index (κ3) is 1.38. The summed E-state index contributed by atoms with van der Waals surface area (Å²) >= 11 is 0. The molecule has 4 rings (SSSR count). The van der Waals surface area contributed by atoms with Crippen LogP contribution in [0.4, 0.5) is 0 Å². The molecule has 2 aliphatic rings. The van der Waals surface area contributed by atoms with Crippen LogP contribution in [0.1, 0.15) is 24.1 Å². The molecule has 3 heterocycles. The lowest BCUT2D eigenvalue weighted by Gasteiger charge is -2.41. The number of H-pyrrole nitrogens is 1. The minimum Gasteiger partial charge on any atom is -0.357 e. The monoisotopic (exact) mass is 241 g/mol. The Labute approximate surface area is 107 Å². The van der Waals surface area contributed by atoms with Gasteiger partial charge < -0.3 is 15.6 Å². The second-order valence-electron chi connectivity index (χ2n) is 5.56. The van der Waals surface area contributed by atoms with Crippen LogP contribution in [-0.2, 0) is 12.0 Å². The number of piperidine rings is 1. The molecule has 0 aliphatic carbocycles. The number of aromatic nitrogens is 1. The van der Waals surface area contributed by atoms with Gasteiger partial charge in [0.15, 0.2) is 0 Å². The summed E-state index contributed by atoms with van der Waals surface area (Å²) in [6.07, 6.45) is 3.63. The standard InChI is InChI=1S/C15H19N3/c1-2-5-13-11(4-1)12-6-9-17-15(14(12)18-13)7-3-8-16-10-15/h1-2,4-5,16-18H,3,6-10H2/t15-/m0/s1. The zero-order valence-corrected chi connectivity index (χ0v) is 10.6. The number of para-hydroxylation sites is 1. The van der Waals surface area contributed by atoms with Gasteiger partial charge in [0.1, 0.15) is 0 Å². The van der Waals surface area contributed by atoms with Gasteiger partial charge in [-0.15, -0.1) is 0 Å². The van der Waals surface area contributed by atoms with Crippen molar-refractivity contribution in [1.82, 2.24) is 15.6 Å². The molecule has 3 nitrogen and oxygen atoms in total. The summed E-state index contributed by atoms with van der Waals surface area (Å²) in [4.78, 5) is 3.67. The predicted octanol–water partition coefficient (Wildman–Crippen LogP) is 1.89. The Bertz CT molecular complexity index is 578. The van der Waals surface area contributed by atoms with E-state index in [9.17, 15) is 0 Å². The average molecular weight is 241 g/mol. The first-order valence-electron chi connectivity index (χ1n) is 6.95. The van der Waals surface area contributed by atoms with E-state index in [1.165, 1.54) is 35.0 Å². The largest absolute Gasteiger partial charge is 0.357 e. The quantitative estimate of drug-likeness (QED) is 0.659. The summed E-state index contributed by atoms with van der Waals surface area (Å²) in [5.74, 6) is 0. The van der Waals surface area contributed by atoms with Crippen molar-refractivity contribution >= 4 is 10.9 Å². The van der Waals surface area contributed by atoms with Crippen LogP contribution in [0.3, 0.4) is 0 Å².